The first-order valence-corrected chi connectivity index (χ1v) is 7.30. The molecule has 0 fully saturated rings. The normalized spacial score (nSPS) is 12.1. The van der Waals surface area contributed by atoms with E-state index in [9.17, 15) is 4.79 Å². The Morgan fingerprint density at radius 2 is 2.17 bits per heavy atom. The number of aromatic nitrogens is 2. The number of rotatable bonds is 5. The Balaban J connectivity index is 1.66. The van der Waals surface area contributed by atoms with E-state index >= 15 is 0 Å². The van der Waals surface area contributed by atoms with E-state index in [2.05, 4.69) is 15.3 Å². The molecule has 7 heteroatoms. The third-order valence-corrected chi connectivity index (χ3v) is 3.36. The highest BCUT2D eigenvalue weighted by Crippen LogP contribution is 2.32. The number of anilines is 1. The second kappa shape index (κ2) is 6.51. The molecule has 0 unspecified atom stereocenters. The van der Waals surface area contributed by atoms with Crippen molar-refractivity contribution in [2.24, 2.45) is 0 Å². The van der Waals surface area contributed by atoms with E-state index in [1.165, 1.54) is 6.20 Å². The van der Waals surface area contributed by atoms with Crippen LogP contribution in [0.15, 0.2) is 24.4 Å². The van der Waals surface area contributed by atoms with Gasteiger partial charge in [0.1, 0.15) is 0 Å². The van der Waals surface area contributed by atoms with E-state index in [-0.39, 0.29) is 6.79 Å². The van der Waals surface area contributed by atoms with Gasteiger partial charge in [0, 0.05) is 12.7 Å². The maximum Gasteiger partial charge on any atom is 0.341 e. The molecule has 1 aromatic heterocycles. The van der Waals surface area contributed by atoms with Crippen molar-refractivity contribution in [2.45, 2.75) is 20.4 Å². The zero-order valence-electron chi connectivity index (χ0n) is 13.0. The van der Waals surface area contributed by atoms with Gasteiger partial charge < -0.3 is 19.5 Å². The summed E-state index contributed by atoms with van der Waals surface area (Å²) in [6.45, 7) is 4.62. The van der Waals surface area contributed by atoms with Gasteiger partial charge in [0.05, 0.1) is 17.9 Å². The molecule has 0 spiro atoms. The molecule has 2 aromatic rings. The number of hydrogen-bond donors (Lipinski definition) is 1. The van der Waals surface area contributed by atoms with Crippen molar-refractivity contribution >= 4 is 11.9 Å². The number of ether oxygens (including phenoxy) is 3. The summed E-state index contributed by atoms with van der Waals surface area (Å²) in [4.78, 5) is 20.2. The van der Waals surface area contributed by atoms with E-state index in [1.54, 1.807) is 13.8 Å². The first-order valence-electron chi connectivity index (χ1n) is 7.30. The van der Waals surface area contributed by atoms with Gasteiger partial charge >= 0.3 is 5.97 Å². The fraction of sp³-hybridized carbons (Fsp3) is 0.312. The quantitative estimate of drug-likeness (QED) is 0.848. The Kier molecular flexibility index (Phi) is 4.27. The average molecular weight is 315 g/mol. The third kappa shape index (κ3) is 3.33. The molecule has 0 radical (unpaired) electrons. The van der Waals surface area contributed by atoms with Crippen LogP contribution in [0.4, 0.5) is 5.95 Å². The van der Waals surface area contributed by atoms with Crippen molar-refractivity contribution in [3.8, 4) is 11.5 Å². The van der Waals surface area contributed by atoms with Crippen LogP contribution >= 0.6 is 0 Å². The van der Waals surface area contributed by atoms with Gasteiger partial charge in [-0.25, -0.2) is 14.8 Å². The second-order valence-corrected chi connectivity index (χ2v) is 4.95. The highest BCUT2D eigenvalue weighted by Gasteiger charge is 2.14. The predicted molar refractivity (Wildman–Crippen MR) is 82.6 cm³/mol. The van der Waals surface area contributed by atoms with Crippen LogP contribution in [0, 0.1) is 6.92 Å². The van der Waals surface area contributed by atoms with E-state index < -0.39 is 5.97 Å². The van der Waals surface area contributed by atoms with Crippen LogP contribution in [-0.4, -0.2) is 29.3 Å². The lowest BCUT2D eigenvalue weighted by molar-refractivity contribution is 0.0524. The molecule has 0 aliphatic carbocycles. The first-order chi connectivity index (χ1) is 11.2. The number of hydrogen-bond acceptors (Lipinski definition) is 7. The van der Waals surface area contributed by atoms with Gasteiger partial charge in [-0.05, 0) is 31.5 Å². The number of benzene rings is 1. The highest BCUT2D eigenvalue weighted by molar-refractivity contribution is 5.90. The van der Waals surface area contributed by atoms with Crippen molar-refractivity contribution in [1.29, 1.82) is 0 Å². The molecular weight excluding hydrogens is 298 g/mol. The number of aryl methyl sites for hydroxylation is 1. The van der Waals surface area contributed by atoms with Crippen LogP contribution in [0.3, 0.4) is 0 Å². The van der Waals surface area contributed by atoms with E-state index in [0.717, 1.165) is 17.1 Å². The van der Waals surface area contributed by atoms with Crippen LogP contribution in [0.25, 0.3) is 0 Å². The minimum absolute atomic E-state index is 0.254. The van der Waals surface area contributed by atoms with Gasteiger partial charge in [0.2, 0.25) is 12.7 Å². The van der Waals surface area contributed by atoms with Crippen LogP contribution < -0.4 is 14.8 Å². The molecule has 0 bridgehead atoms. The summed E-state index contributed by atoms with van der Waals surface area (Å²) in [6, 6.07) is 5.73. The van der Waals surface area contributed by atoms with Crippen LogP contribution in [0.5, 0.6) is 11.5 Å². The summed E-state index contributed by atoms with van der Waals surface area (Å²) < 4.78 is 15.6. The molecule has 1 aromatic carbocycles. The number of carbonyl (C=O) groups is 1. The summed E-state index contributed by atoms with van der Waals surface area (Å²) in [5, 5.41) is 3.12. The topological polar surface area (TPSA) is 82.6 Å². The second-order valence-electron chi connectivity index (χ2n) is 4.95. The van der Waals surface area contributed by atoms with Gasteiger partial charge in [-0.2, -0.15) is 0 Å². The van der Waals surface area contributed by atoms with E-state index in [1.807, 2.05) is 18.2 Å². The van der Waals surface area contributed by atoms with Crippen molar-refractivity contribution in [3.05, 3.63) is 41.2 Å². The van der Waals surface area contributed by atoms with Crippen molar-refractivity contribution < 1.29 is 19.0 Å². The Bertz CT molecular complexity index is 733. The van der Waals surface area contributed by atoms with Gasteiger partial charge in [0.15, 0.2) is 11.5 Å². The fourth-order valence-corrected chi connectivity index (χ4v) is 2.19. The zero-order valence-corrected chi connectivity index (χ0v) is 13.0. The maximum atomic E-state index is 11.7. The van der Waals surface area contributed by atoms with Gasteiger partial charge in [-0.3, -0.25) is 0 Å². The smallest absolute Gasteiger partial charge is 0.341 e. The summed E-state index contributed by atoms with van der Waals surface area (Å²) in [6.07, 6.45) is 1.47. The largest absolute Gasteiger partial charge is 0.462 e. The lowest BCUT2D eigenvalue weighted by atomic mass is 10.2. The molecule has 1 N–H and O–H groups in total. The number of nitrogens with zero attached hydrogens (tertiary/aromatic N) is 2. The third-order valence-electron chi connectivity index (χ3n) is 3.36. The monoisotopic (exact) mass is 315 g/mol. The molecule has 1 aliphatic heterocycles. The predicted octanol–water partition coefficient (Wildman–Crippen LogP) is 2.30. The lowest BCUT2D eigenvalue weighted by Crippen LogP contribution is -2.11. The summed E-state index contributed by atoms with van der Waals surface area (Å²) in [5.41, 5.74) is 1.97. The minimum Gasteiger partial charge on any atom is -0.462 e. The lowest BCUT2D eigenvalue weighted by Gasteiger charge is -2.08. The molecular formula is C16H17N3O4. The van der Waals surface area contributed by atoms with Crippen molar-refractivity contribution in [2.75, 3.05) is 18.7 Å². The molecule has 1 aliphatic rings. The molecule has 3 rings (SSSR count). The molecule has 120 valence electrons. The maximum absolute atomic E-state index is 11.7. The Morgan fingerprint density at radius 1 is 1.35 bits per heavy atom. The number of carbonyl (C=O) groups excluding carboxylic acids is 1. The summed E-state index contributed by atoms with van der Waals surface area (Å²) >= 11 is 0. The summed E-state index contributed by atoms with van der Waals surface area (Å²) in [5.74, 6) is 1.53. The number of nitrogens with one attached hydrogen (secondary N) is 1. The Hall–Kier alpha value is -2.83. The summed E-state index contributed by atoms with van der Waals surface area (Å²) in [7, 11) is 0. The van der Waals surface area contributed by atoms with Gasteiger partial charge in [0.25, 0.3) is 0 Å². The Morgan fingerprint density at radius 3 is 2.96 bits per heavy atom. The van der Waals surface area contributed by atoms with Crippen molar-refractivity contribution in [1.82, 2.24) is 9.97 Å². The molecule has 0 saturated heterocycles. The Labute approximate surface area is 133 Å². The van der Waals surface area contributed by atoms with Gasteiger partial charge in [-0.1, -0.05) is 6.07 Å². The fourth-order valence-electron chi connectivity index (χ4n) is 2.19. The molecule has 0 atom stereocenters. The molecule has 2 heterocycles. The van der Waals surface area contributed by atoms with Gasteiger partial charge in [-0.15, -0.1) is 0 Å². The first kappa shape index (κ1) is 15.1. The van der Waals surface area contributed by atoms with Crippen LogP contribution in [0.1, 0.15) is 28.5 Å². The van der Waals surface area contributed by atoms with E-state index in [4.69, 9.17) is 14.2 Å². The molecule has 0 amide bonds. The van der Waals surface area contributed by atoms with Crippen molar-refractivity contribution in [3.63, 3.8) is 0 Å². The molecule has 0 saturated carbocycles. The number of fused-ring (bicyclic) bond motifs is 1. The van der Waals surface area contributed by atoms with E-state index in [0.29, 0.717) is 30.4 Å². The van der Waals surface area contributed by atoms with Crippen LogP contribution in [0.2, 0.25) is 0 Å². The average Bonchev–Trinajstić information content (AvgIpc) is 3.00. The number of esters is 1. The SMILES string of the molecule is CCOC(=O)c1cnc(NCc2ccc3c(c2)OCO3)nc1C. The zero-order chi connectivity index (χ0) is 16.2. The highest BCUT2D eigenvalue weighted by atomic mass is 16.7. The standard InChI is InChI=1S/C16H17N3O4/c1-3-21-15(20)12-8-18-16(19-10(12)2)17-7-11-4-5-13-14(6-11)23-9-22-13/h4-6,8H,3,7,9H2,1-2H3,(H,17,18,19). The van der Waals surface area contributed by atoms with Crippen LogP contribution in [-0.2, 0) is 11.3 Å². The minimum atomic E-state index is -0.410. The molecule has 23 heavy (non-hydrogen) atoms. The molecule has 7 nitrogen and oxygen atoms in total.